The van der Waals surface area contributed by atoms with E-state index in [-0.39, 0.29) is 6.04 Å². The van der Waals surface area contributed by atoms with Gasteiger partial charge in [0, 0.05) is 5.56 Å². The van der Waals surface area contributed by atoms with Crippen LogP contribution in [0.3, 0.4) is 0 Å². The minimum Gasteiger partial charge on any atom is -0.492 e. The highest BCUT2D eigenvalue weighted by Gasteiger charge is 2.51. The van der Waals surface area contributed by atoms with E-state index in [4.69, 9.17) is 16.3 Å². The molecule has 2 N–H and O–H groups in total. The van der Waals surface area contributed by atoms with Gasteiger partial charge in [-0.2, -0.15) is 0 Å². The monoisotopic (exact) mass is 323 g/mol. The molecule has 1 saturated carbocycles. The van der Waals surface area contributed by atoms with Crippen LogP contribution >= 0.6 is 11.6 Å². The molecule has 2 aliphatic rings. The molecule has 1 aromatic carbocycles. The van der Waals surface area contributed by atoms with Crippen LogP contribution in [0.1, 0.15) is 43.7 Å². The number of hydrogen-bond donors (Lipinski definition) is 2. The van der Waals surface area contributed by atoms with Gasteiger partial charge >= 0.3 is 5.97 Å². The zero-order valence-corrected chi connectivity index (χ0v) is 12.9. The van der Waals surface area contributed by atoms with Crippen molar-refractivity contribution in [3.63, 3.8) is 0 Å². The minimum atomic E-state index is -1.26. The van der Waals surface area contributed by atoms with Crippen molar-refractivity contribution in [2.24, 2.45) is 5.41 Å². The number of carbonyl (C=O) groups excluding carboxylic acids is 1. The first-order valence-electron chi connectivity index (χ1n) is 7.50. The van der Waals surface area contributed by atoms with Gasteiger partial charge in [0.05, 0.1) is 17.7 Å². The lowest BCUT2D eigenvalue weighted by Crippen LogP contribution is -2.51. The highest BCUT2D eigenvalue weighted by molar-refractivity contribution is 6.32. The van der Waals surface area contributed by atoms with Crippen LogP contribution in [0.5, 0.6) is 5.75 Å². The molecule has 0 radical (unpaired) electrons. The van der Waals surface area contributed by atoms with Crippen LogP contribution in [-0.2, 0) is 9.59 Å². The predicted octanol–water partition coefficient (Wildman–Crippen LogP) is 2.92. The third-order valence-electron chi connectivity index (χ3n) is 4.61. The van der Waals surface area contributed by atoms with Gasteiger partial charge in [-0.1, -0.05) is 30.2 Å². The van der Waals surface area contributed by atoms with Crippen molar-refractivity contribution in [1.29, 1.82) is 0 Å². The molecule has 1 atom stereocenters. The molecule has 6 heteroatoms. The van der Waals surface area contributed by atoms with Gasteiger partial charge in [0.15, 0.2) is 0 Å². The fourth-order valence-electron chi connectivity index (χ4n) is 3.08. The van der Waals surface area contributed by atoms with Crippen LogP contribution in [0, 0.1) is 5.41 Å². The van der Waals surface area contributed by atoms with Crippen LogP contribution in [0.15, 0.2) is 18.2 Å². The second kappa shape index (κ2) is 5.80. The molecule has 0 bridgehead atoms. The fraction of sp³-hybridized carbons (Fsp3) is 0.500. The van der Waals surface area contributed by atoms with Gasteiger partial charge < -0.3 is 15.2 Å². The predicted molar refractivity (Wildman–Crippen MR) is 81.0 cm³/mol. The van der Waals surface area contributed by atoms with Gasteiger partial charge in [-0.3, -0.25) is 9.59 Å². The maximum absolute atomic E-state index is 12.5. The molecule has 1 aliphatic heterocycles. The van der Waals surface area contributed by atoms with Crippen molar-refractivity contribution in [2.45, 2.75) is 38.1 Å². The Morgan fingerprint density at radius 2 is 2.09 bits per heavy atom. The molecule has 118 valence electrons. The minimum absolute atomic E-state index is 0.263. The van der Waals surface area contributed by atoms with E-state index in [2.05, 4.69) is 5.32 Å². The van der Waals surface area contributed by atoms with Crippen molar-refractivity contribution in [1.82, 2.24) is 5.32 Å². The van der Waals surface area contributed by atoms with E-state index in [1.807, 2.05) is 12.1 Å². The van der Waals surface area contributed by atoms with E-state index in [9.17, 15) is 14.7 Å². The summed E-state index contributed by atoms with van der Waals surface area (Å²) in [5, 5.41) is 12.8. The Labute approximate surface area is 133 Å². The third kappa shape index (κ3) is 2.43. The standard InChI is InChI=1S/C16H18ClNO4/c17-11-5-1-4-10-12(6-2-9-22-13(10)11)18-14(19)16(15(20)21)7-3-8-16/h1,4-5,12H,2-3,6-9H2,(H,18,19)(H,20,21). The maximum atomic E-state index is 12.5. The topological polar surface area (TPSA) is 75.6 Å². The number of amides is 1. The summed E-state index contributed by atoms with van der Waals surface area (Å²) in [4.78, 5) is 23.9. The van der Waals surface area contributed by atoms with E-state index in [0.717, 1.165) is 18.4 Å². The summed E-state index contributed by atoms with van der Waals surface area (Å²) in [7, 11) is 0. The number of halogens is 1. The summed E-state index contributed by atoms with van der Waals surface area (Å²) in [5.74, 6) is -0.846. The van der Waals surface area contributed by atoms with Crippen molar-refractivity contribution >= 4 is 23.5 Å². The number of ether oxygens (including phenoxy) is 1. The number of nitrogens with one attached hydrogen (secondary N) is 1. The molecule has 1 aliphatic carbocycles. The van der Waals surface area contributed by atoms with Gasteiger partial charge in [0.1, 0.15) is 11.2 Å². The fourth-order valence-corrected chi connectivity index (χ4v) is 3.32. The van der Waals surface area contributed by atoms with E-state index in [1.54, 1.807) is 6.07 Å². The Bertz CT molecular complexity index is 612. The molecule has 1 heterocycles. The molecule has 22 heavy (non-hydrogen) atoms. The van der Waals surface area contributed by atoms with Crippen molar-refractivity contribution in [3.05, 3.63) is 28.8 Å². The summed E-state index contributed by atoms with van der Waals surface area (Å²) in [6, 6.07) is 5.16. The normalized spacial score (nSPS) is 22.5. The van der Waals surface area contributed by atoms with Crippen LogP contribution in [0.25, 0.3) is 0 Å². The average molecular weight is 324 g/mol. The Morgan fingerprint density at radius 3 is 2.73 bits per heavy atom. The highest BCUT2D eigenvalue weighted by atomic mass is 35.5. The molecule has 0 spiro atoms. The lowest BCUT2D eigenvalue weighted by molar-refractivity contribution is -0.162. The van der Waals surface area contributed by atoms with Crippen LogP contribution < -0.4 is 10.1 Å². The average Bonchev–Trinajstić information content (AvgIpc) is 2.61. The van der Waals surface area contributed by atoms with Crippen LogP contribution in [-0.4, -0.2) is 23.6 Å². The van der Waals surface area contributed by atoms with Crippen LogP contribution in [0.4, 0.5) is 0 Å². The summed E-state index contributed by atoms with van der Waals surface area (Å²) in [5.41, 5.74) is -0.440. The van der Waals surface area contributed by atoms with Crippen LogP contribution in [0.2, 0.25) is 5.02 Å². The number of aliphatic carboxylic acids is 1. The van der Waals surface area contributed by atoms with Gasteiger partial charge in [-0.25, -0.2) is 0 Å². The van der Waals surface area contributed by atoms with E-state index < -0.39 is 17.3 Å². The zero-order chi connectivity index (χ0) is 15.7. The molecule has 0 aromatic heterocycles. The van der Waals surface area contributed by atoms with Gasteiger partial charge in [-0.05, 0) is 31.7 Å². The smallest absolute Gasteiger partial charge is 0.319 e. The SMILES string of the molecule is O=C(O)C1(C(=O)NC2CCCOc3c(Cl)cccc32)CCC1. The Morgan fingerprint density at radius 1 is 1.32 bits per heavy atom. The van der Waals surface area contributed by atoms with E-state index in [0.29, 0.717) is 36.6 Å². The Hall–Kier alpha value is -1.75. The summed E-state index contributed by atoms with van der Waals surface area (Å²) in [6.45, 7) is 0.535. The van der Waals surface area contributed by atoms with Crippen molar-refractivity contribution < 1.29 is 19.4 Å². The second-order valence-corrected chi connectivity index (χ2v) is 6.32. The molecule has 3 rings (SSSR count). The number of carbonyl (C=O) groups is 2. The molecule has 1 unspecified atom stereocenters. The number of fused-ring (bicyclic) bond motifs is 1. The largest absolute Gasteiger partial charge is 0.492 e. The van der Waals surface area contributed by atoms with Gasteiger partial charge in [-0.15, -0.1) is 0 Å². The zero-order valence-electron chi connectivity index (χ0n) is 12.1. The molecule has 5 nitrogen and oxygen atoms in total. The third-order valence-corrected chi connectivity index (χ3v) is 4.91. The van der Waals surface area contributed by atoms with Crippen molar-refractivity contribution in [3.8, 4) is 5.75 Å². The summed E-state index contributed by atoms with van der Waals surface area (Å²) >= 11 is 6.16. The first-order valence-corrected chi connectivity index (χ1v) is 7.88. The van der Waals surface area contributed by atoms with Gasteiger partial charge in [0.25, 0.3) is 0 Å². The summed E-state index contributed by atoms with van der Waals surface area (Å²) < 4.78 is 5.66. The Kier molecular flexibility index (Phi) is 4.00. The number of carboxylic acid groups (broad SMARTS) is 1. The number of rotatable bonds is 3. The first kappa shape index (κ1) is 15.2. The van der Waals surface area contributed by atoms with E-state index >= 15 is 0 Å². The molecule has 1 fully saturated rings. The lowest BCUT2D eigenvalue weighted by Gasteiger charge is -2.37. The molecule has 1 amide bonds. The molecular formula is C16H18ClNO4. The Balaban J connectivity index is 1.85. The summed E-state index contributed by atoms with van der Waals surface area (Å²) in [6.07, 6.45) is 3.06. The molecule has 0 saturated heterocycles. The molecular weight excluding hydrogens is 306 g/mol. The maximum Gasteiger partial charge on any atom is 0.319 e. The van der Waals surface area contributed by atoms with Gasteiger partial charge in [0.2, 0.25) is 5.91 Å². The number of benzene rings is 1. The lowest BCUT2D eigenvalue weighted by atomic mass is 9.68. The second-order valence-electron chi connectivity index (χ2n) is 5.92. The number of para-hydroxylation sites is 1. The van der Waals surface area contributed by atoms with Crippen molar-refractivity contribution in [2.75, 3.05) is 6.61 Å². The first-order chi connectivity index (χ1) is 10.5. The quantitative estimate of drug-likeness (QED) is 0.839. The number of hydrogen-bond acceptors (Lipinski definition) is 3. The van der Waals surface area contributed by atoms with E-state index in [1.165, 1.54) is 0 Å². The highest BCUT2D eigenvalue weighted by Crippen LogP contribution is 2.43. The number of carboxylic acids is 1. The molecule has 1 aromatic rings.